The van der Waals surface area contributed by atoms with Crippen molar-refractivity contribution in [1.29, 1.82) is 0 Å². The van der Waals surface area contributed by atoms with Crippen molar-refractivity contribution in [3.05, 3.63) is 59.1 Å². The van der Waals surface area contributed by atoms with Crippen LogP contribution in [0, 0.1) is 0 Å². The summed E-state index contributed by atoms with van der Waals surface area (Å²) in [5.41, 5.74) is 1.75. The monoisotopic (exact) mass is 468 g/mol. The van der Waals surface area contributed by atoms with Crippen LogP contribution in [0.1, 0.15) is 29.6 Å². The van der Waals surface area contributed by atoms with Gasteiger partial charge in [-0.05, 0) is 82.1 Å². The first-order valence-corrected chi connectivity index (χ1v) is 10.1. The normalized spacial score (nSPS) is 10.1. The molecule has 0 aromatic heterocycles. The molecule has 0 aliphatic heterocycles. The van der Waals surface area contributed by atoms with Crippen molar-refractivity contribution in [2.75, 3.05) is 31.3 Å². The number of carbonyl (C=O) groups is 2. The van der Waals surface area contributed by atoms with Gasteiger partial charge in [0, 0.05) is 17.8 Å². The summed E-state index contributed by atoms with van der Waals surface area (Å²) in [6.45, 7) is 0.973. The molecule has 0 saturated carbocycles. The lowest BCUT2D eigenvalue weighted by atomic mass is 10.2. The lowest BCUT2D eigenvalue weighted by Crippen LogP contribution is -2.34. The fourth-order valence-electron chi connectivity index (χ4n) is 2.55. The number of nitrogens with zero attached hydrogens (tertiary/aromatic N) is 1. The maximum absolute atomic E-state index is 12.2. The molecule has 9 heteroatoms. The summed E-state index contributed by atoms with van der Waals surface area (Å²) in [4.78, 5) is 26.3. The fraction of sp³-hybridized carbons (Fsp3) is 0.286. The van der Waals surface area contributed by atoms with E-state index in [0.29, 0.717) is 28.4 Å². The topological polar surface area (TPSA) is 73.5 Å². The number of hydrogen-bond acceptors (Lipinski definition) is 4. The molecule has 2 aromatic carbocycles. The molecule has 0 fully saturated rings. The van der Waals surface area contributed by atoms with Crippen molar-refractivity contribution in [1.82, 2.24) is 10.2 Å². The minimum atomic E-state index is -0.383. The molecule has 162 valence electrons. The maximum atomic E-state index is 12.2. The van der Waals surface area contributed by atoms with Crippen LogP contribution in [0.5, 0.6) is 0 Å². The number of hydrogen-bond donors (Lipinski definition) is 3. The molecule has 0 saturated heterocycles. The van der Waals surface area contributed by atoms with Crippen LogP contribution >= 0.6 is 36.2 Å². The van der Waals surface area contributed by atoms with E-state index >= 15 is 0 Å². The molecule has 2 rings (SSSR count). The molecule has 0 radical (unpaired) electrons. The summed E-state index contributed by atoms with van der Waals surface area (Å²) < 4.78 is 0. The average molecular weight is 469 g/mol. The molecule has 0 unspecified atom stereocenters. The molecule has 3 N–H and O–H groups in total. The first-order valence-electron chi connectivity index (χ1n) is 9.26. The number of benzene rings is 2. The lowest BCUT2D eigenvalue weighted by molar-refractivity contribution is -0.116. The Hall–Kier alpha value is -2.19. The van der Waals surface area contributed by atoms with E-state index in [1.807, 2.05) is 14.1 Å². The molecule has 2 amide bonds. The minimum absolute atomic E-state index is 0. The number of rotatable bonds is 8. The predicted octanol–water partition coefficient (Wildman–Crippen LogP) is 4.56. The van der Waals surface area contributed by atoms with E-state index in [1.165, 1.54) is 0 Å². The van der Waals surface area contributed by atoms with E-state index in [2.05, 4.69) is 20.9 Å². The second-order valence-corrected chi connectivity index (χ2v) is 7.59. The van der Waals surface area contributed by atoms with Gasteiger partial charge in [-0.1, -0.05) is 23.7 Å². The first kappa shape index (κ1) is 25.8. The van der Waals surface area contributed by atoms with E-state index in [0.717, 1.165) is 19.4 Å². The Kier molecular flexibility index (Phi) is 11.4. The predicted molar refractivity (Wildman–Crippen MR) is 130 cm³/mol. The highest BCUT2D eigenvalue weighted by Gasteiger charge is 2.11. The Labute approximate surface area is 193 Å². The third kappa shape index (κ3) is 9.09. The van der Waals surface area contributed by atoms with Gasteiger partial charge in [0.05, 0.1) is 10.6 Å². The molecule has 0 heterocycles. The van der Waals surface area contributed by atoms with E-state index in [9.17, 15) is 9.59 Å². The van der Waals surface area contributed by atoms with Gasteiger partial charge in [0.2, 0.25) is 5.91 Å². The molecule has 0 aliphatic rings. The largest absolute Gasteiger partial charge is 0.332 e. The number of halogens is 2. The molecule has 0 atom stereocenters. The van der Waals surface area contributed by atoms with Crippen molar-refractivity contribution >= 4 is 64.5 Å². The molecule has 6 nitrogen and oxygen atoms in total. The summed E-state index contributed by atoms with van der Waals surface area (Å²) >= 11 is 11.2. The highest BCUT2D eigenvalue weighted by molar-refractivity contribution is 7.80. The van der Waals surface area contributed by atoms with Gasteiger partial charge in [-0.15, -0.1) is 12.4 Å². The van der Waals surface area contributed by atoms with E-state index in [1.54, 1.807) is 48.5 Å². The standard InChI is InChI=1S/C21H25ClN4O2S.ClH/c1-26(2)14-6-5-9-19(27)23-15-10-12-16(13-11-15)24-21(29)25-20(28)17-7-3-4-8-18(17)22;/h3-4,7-8,10-13H,5-6,9,14H2,1-2H3,(H,23,27)(H2,24,25,28,29);1H. The highest BCUT2D eigenvalue weighted by atomic mass is 35.5. The summed E-state index contributed by atoms with van der Waals surface area (Å²) in [5.74, 6) is -0.391. The number of unbranched alkanes of at least 4 members (excludes halogenated alkanes) is 1. The summed E-state index contributed by atoms with van der Waals surface area (Å²) in [5, 5.41) is 8.92. The zero-order chi connectivity index (χ0) is 21.2. The van der Waals surface area contributed by atoms with E-state index in [4.69, 9.17) is 23.8 Å². The molecule has 30 heavy (non-hydrogen) atoms. The molecule has 0 spiro atoms. The molecular formula is C21H26Cl2N4O2S. The Morgan fingerprint density at radius 2 is 1.57 bits per heavy atom. The van der Waals surface area contributed by atoms with Crippen LogP contribution < -0.4 is 16.0 Å². The van der Waals surface area contributed by atoms with Gasteiger partial charge < -0.3 is 15.5 Å². The number of nitrogens with one attached hydrogen (secondary N) is 3. The number of amides is 2. The van der Waals surface area contributed by atoms with Crippen LogP contribution in [0.15, 0.2) is 48.5 Å². The van der Waals surface area contributed by atoms with Crippen molar-refractivity contribution in [2.24, 2.45) is 0 Å². The molecular weight excluding hydrogens is 443 g/mol. The summed E-state index contributed by atoms with van der Waals surface area (Å²) in [6, 6.07) is 13.8. The molecule has 0 bridgehead atoms. The van der Waals surface area contributed by atoms with Crippen molar-refractivity contribution in [3.63, 3.8) is 0 Å². The smallest absolute Gasteiger partial charge is 0.258 e. The van der Waals surface area contributed by atoms with Crippen molar-refractivity contribution in [3.8, 4) is 0 Å². The van der Waals surface area contributed by atoms with Gasteiger partial charge in [0.15, 0.2) is 5.11 Å². The van der Waals surface area contributed by atoms with E-state index in [-0.39, 0.29) is 29.3 Å². The zero-order valence-electron chi connectivity index (χ0n) is 16.9. The average Bonchev–Trinajstić information content (AvgIpc) is 2.67. The Morgan fingerprint density at radius 1 is 0.967 bits per heavy atom. The van der Waals surface area contributed by atoms with Gasteiger partial charge >= 0.3 is 0 Å². The quantitative estimate of drug-likeness (QED) is 0.391. The van der Waals surface area contributed by atoms with Crippen molar-refractivity contribution < 1.29 is 9.59 Å². The molecule has 2 aromatic rings. The second kappa shape index (κ2) is 13.2. The Bertz CT molecular complexity index is 860. The third-order valence-corrected chi connectivity index (χ3v) is 4.56. The van der Waals surface area contributed by atoms with Gasteiger partial charge in [-0.25, -0.2) is 0 Å². The maximum Gasteiger partial charge on any atom is 0.258 e. The minimum Gasteiger partial charge on any atom is -0.332 e. The van der Waals surface area contributed by atoms with E-state index < -0.39 is 0 Å². The number of anilines is 2. The lowest BCUT2D eigenvalue weighted by Gasteiger charge is -2.11. The van der Waals surface area contributed by atoms with Gasteiger partial charge in [-0.2, -0.15) is 0 Å². The van der Waals surface area contributed by atoms with Crippen LogP contribution in [0.2, 0.25) is 5.02 Å². The molecule has 0 aliphatic carbocycles. The van der Waals surface area contributed by atoms with Crippen LogP contribution in [0.25, 0.3) is 0 Å². The SMILES string of the molecule is CN(C)CCCCC(=O)Nc1ccc(NC(=S)NC(=O)c2ccccc2Cl)cc1.Cl. The summed E-state index contributed by atoms with van der Waals surface area (Å²) in [6.07, 6.45) is 2.33. The second-order valence-electron chi connectivity index (χ2n) is 6.77. The fourth-order valence-corrected chi connectivity index (χ4v) is 2.98. The van der Waals surface area contributed by atoms with Crippen LogP contribution in [0.4, 0.5) is 11.4 Å². The van der Waals surface area contributed by atoms with Gasteiger partial charge in [0.1, 0.15) is 0 Å². The van der Waals surface area contributed by atoms with Gasteiger partial charge in [0.25, 0.3) is 5.91 Å². The Balaban J connectivity index is 0.00000450. The first-order chi connectivity index (χ1) is 13.8. The van der Waals surface area contributed by atoms with Crippen LogP contribution in [-0.2, 0) is 4.79 Å². The highest BCUT2D eigenvalue weighted by Crippen LogP contribution is 2.16. The summed E-state index contributed by atoms with van der Waals surface area (Å²) in [7, 11) is 4.03. The zero-order valence-corrected chi connectivity index (χ0v) is 19.3. The van der Waals surface area contributed by atoms with Crippen molar-refractivity contribution in [2.45, 2.75) is 19.3 Å². The number of thiocarbonyl (C=S) groups is 1. The Morgan fingerprint density at radius 3 is 2.17 bits per heavy atom. The van der Waals surface area contributed by atoms with Crippen LogP contribution in [-0.4, -0.2) is 42.5 Å². The van der Waals surface area contributed by atoms with Crippen LogP contribution in [0.3, 0.4) is 0 Å². The third-order valence-electron chi connectivity index (χ3n) is 4.03. The number of carbonyl (C=O) groups excluding carboxylic acids is 2. The van der Waals surface area contributed by atoms with Gasteiger partial charge in [-0.3, -0.25) is 14.9 Å².